The lowest BCUT2D eigenvalue weighted by atomic mass is 10.1. The zero-order chi connectivity index (χ0) is 17.1. The summed E-state index contributed by atoms with van der Waals surface area (Å²) in [6.07, 6.45) is 3.28. The topological polar surface area (TPSA) is 67.2 Å². The van der Waals surface area contributed by atoms with E-state index in [1.807, 2.05) is 5.32 Å². The summed E-state index contributed by atoms with van der Waals surface area (Å²) in [7, 11) is 3.16. The van der Waals surface area contributed by atoms with Crippen LogP contribution < -0.4 is 5.32 Å². The molecule has 0 saturated carbocycles. The average Bonchev–Trinajstić information content (AvgIpc) is 2.95. The monoisotopic (exact) mass is 322 g/mol. The van der Waals surface area contributed by atoms with E-state index < -0.39 is 35.2 Å². The molecule has 0 radical (unpaired) electrons. The van der Waals surface area contributed by atoms with Gasteiger partial charge in [-0.15, -0.1) is 0 Å². The quantitative estimate of drug-likeness (QED) is 0.877. The Morgan fingerprint density at radius 3 is 2.43 bits per heavy atom. The molecule has 2 aromatic rings. The van der Waals surface area contributed by atoms with Crippen LogP contribution in [0.15, 0.2) is 30.6 Å². The predicted octanol–water partition coefficient (Wildman–Crippen LogP) is 1.86. The third-order valence-corrected chi connectivity index (χ3v) is 3.50. The normalized spacial score (nSPS) is 11.9. The van der Waals surface area contributed by atoms with Crippen molar-refractivity contribution in [3.05, 3.63) is 47.8 Å². The van der Waals surface area contributed by atoms with Crippen LogP contribution >= 0.6 is 0 Å². The summed E-state index contributed by atoms with van der Waals surface area (Å²) >= 11 is 0. The summed E-state index contributed by atoms with van der Waals surface area (Å²) in [5.74, 6) is -3.93. The molecular formula is C15H16F2N4O2. The molecule has 0 aliphatic heterocycles. The fraction of sp³-hybridized carbons (Fsp3) is 0.267. The van der Waals surface area contributed by atoms with Gasteiger partial charge < -0.3 is 10.2 Å². The van der Waals surface area contributed by atoms with Crippen molar-refractivity contribution in [3.8, 4) is 0 Å². The summed E-state index contributed by atoms with van der Waals surface area (Å²) < 4.78 is 28.6. The Morgan fingerprint density at radius 2 is 1.91 bits per heavy atom. The molecule has 1 N–H and O–H groups in total. The standard InChI is InChI=1S/C15H16F2N4O2/c1-9(10-7-18-20(2)8-10)21(3)15(23)14(22)19-13-11(16)5-4-6-12(13)17/h4-9H,1-3H3,(H,19,22). The molecule has 1 aromatic heterocycles. The van der Waals surface area contributed by atoms with Crippen LogP contribution in [0.2, 0.25) is 0 Å². The third-order valence-electron chi connectivity index (χ3n) is 3.50. The summed E-state index contributed by atoms with van der Waals surface area (Å²) in [4.78, 5) is 25.2. The van der Waals surface area contributed by atoms with Gasteiger partial charge in [0.25, 0.3) is 0 Å². The predicted molar refractivity (Wildman–Crippen MR) is 79.4 cm³/mol. The molecule has 0 aliphatic carbocycles. The van der Waals surface area contributed by atoms with Crippen LogP contribution in [0.4, 0.5) is 14.5 Å². The van der Waals surface area contributed by atoms with Crippen molar-refractivity contribution < 1.29 is 18.4 Å². The molecule has 0 spiro atoms. The molecule has 1 aromatic carbocycles. The second-order valence-corrected chi connectivity index (χ2v) is 5.09. The van der Waals surface area contributed by atoms with Crippen LogP contribution in [-0.2, 0) is 16.6 Å². The molecule has 2 amide bonds. The Balaban J connectivity index is 2.11. The molecule has 0 fully saturated rings. The first-order valence-corrected chi connectivity index (χ1v) is 6.82. The minimum atomic E-state index is -1.12. The SMILES string of the molecule is CC(c1cnn(C)c1)N(C)C(=O)C(=O)Nc1c(F)cccc1F. The molecule has 2 rings (SSSR count). The maximum atomic E-state index is 13.5. The van der Waals surface area contributed by atoms with Crippen molar-refractivity contribution in [1.82, 2.24) is 14.7 Å². The number of carbonyl (C=O) groups is 2. The molecular weight excluding hydrogens is 306 g/mol. The van der Waals surface area contributed by atoms with Crippen molar-refractivity contribution in [3.63, 3.8) is 0 Å². The molecule has 0 bridgehead atoms. The zero-order valence-corrected chi connectivity index (χ0v) is 12.9. The average molecular weight is 322 g/mol. The van der Waals surface area contributed by atoms with Crippen molar-refractivity contribution in [1.29, 1.82) is 0 Å². The highest BCUT2D eigenvalue weighted by Gasteiger charge is 2.26. The largest absolute Gasteiger partial charge is 0.331 e. The van der Waals surface area contributed by atoms with Crippen LogP contribution in [0.25, 0.3) is 0 Å². The number of hydrogen-bond donors (Lipinski definition) is 1. The van der Waals surface area contributed by atoms with E-state index in [9.17, 15) is 18.4 Å². The highest BCUT2D eigenvalue weighted by molar-refractivity contribution is 6.39. The molecule has 0 saturated heterocycles. The van der Waals surface area contributed by atoms with Crippen LogP contribution in [0.1, 0.15) is 18.5 Å². The highest BCUT2D eigenvalue weighted by Crippen LogP contribution is 2.20. The Kier molecular flexibility index (Phi) is 4.73. The van der Waals surface area contributed by atoms with Crippen LogP contribution in [0.3, 0.4) is 0 Å². The van der Waals surface area contributed by atoms with Gasteiger partial charge in [-0.3, -0.25) is 14.3 Å². The van der Waals surface area contributed by atoms with Gasteiger partial charge >= 0.3 is 11.8 Å². The summed E-state index contributed by atoms with van der Waals surface area (Å²) in [6, 6.07) is 2.72. The second-order valence-electron chi connectivity index (χ2n) is 5.09. The Labute approximate surface area is 131 Å². The number of halogens is 2. The van der Waals surface area contributed by atoms with E-state index in [0.717, 1.165) is 17.7 Å². The van der Waals surface area contributed by atoms with E-state index in [1.165, 1.54) is 18.0 Å². The molecule has 6 nitrogen and oxygen atoms in total. The summed E-state index contributed by atoms with van der Waals surface area (Å²) in [5, 5.41) is 5.96. The Hall–Kier alpha value is -2.77. The number of aromatic nitrogens is 2. The lowest BCUT2D eigenvalue weighted by Gasteiger charge is -2.23. The van der Waals surface area contributed by atoms with E-state index in [0.29, 0.717) is 0 Å². The molecule has 8 heteroatoms. The number of carbonyl (C=O) groups excluding carboxylic acids is 2. The second kappa shape index (κ2) is 6.55. The Bertz CT molecular complexity index is 725. The van der Waals surface area contributed by atoms with Gasteiger partial charge in [-0.25, -0.2) is 8.78 Å². The molecule has 23 heavy (non-hydrogen) atoms. The highest BCUT2D eigenvalue weighted by atomic mass is 19.1. The van der Waals surface area contributed by atoms with Gasteiger partial charge in [0.15, 0.2) is 0 Å². The van der Waals surface area contributed by atoms with Crippen molar-refractivity contribution in [2.45, 2.75) is 13.0 Å². The van der Waals surface area contributed by atoms with E-state index in [1.54, 1.807) is 31.0 Å². The maximum absolute atomic E-state index is 13.5. The molecule has 1 atom stereocenters. The number of likely N-dealkylation sites (N-methyl/N-ethyl adjacent to an activating group) is 1. The van der Waals surface area contributed by atoms with Gasteiger partial charge in [0.1, 0.15) is 17.3 Å². The third kappa shape index (κ3) is 3.53. The van der Waals surface area contributed by atoms with E-state index in [4.69, 9.17) is 0 Å². The Morgan fingerprint density at radius 1 is 1.30 bits per heavy atom. The van der Waals surface area contributed by atoms with Gasteiger partial charge in [0.2, 0.25) is 0 Å². The fourth-order valence-corrected chi connectivity index (χ4v) is 2.00. The summed E-state index contributed by atoms with van der Waals surface area (Å²) in [5.41, 5.74) is 0.0847. The zero-order valence-electron chi connectivity index (χ0n) is 12.9. The minimum Gasteiger partial charge on any atom is -0.331 e. The number of hydrogen-bond acceptors (Lipinski definition) is 3. The number of nitrogens with one attached hydrogen (secondary N) is 1. The molecule has 1 unspecified atom stereocenters. The minimum absolute atomic E-state index is 0.424. The molecule has 1 heterocycles. The van der Waals surface area contributed by atoms with Gasteiger partial charge in [-0.2, -0.15) is 5.10 Å². The smallest absolute Gasteiger partial charge is 0.314 e. The number of para-hydroxylation sites is 1. The van der Waals surface area contributed by atoms with Crippen LogP contribution in [0.5, 0.6) is 0 Å². The number of benzene rings is 1. The fourth-order valence-electron chi connectivity index (χ4n) is 2.00. The molecule has 122 valence electrons. The lowest BCUT2D eigenvalue weighted by Crippen LogP contribution is -2.38. The summed E-state index contributed by atoms with van der Waals surface area (Å²) in [6.45, 7) is 1.71. The van der Waals surface area contributed by atoms with Crippen molar-refractivity contribution in [2.75, 3.05) is 12.4 Å². The van der Waals surface area contributed by atoms with E-state index in [-0.39, 0.29) is 0 Å². The first-order valence-electron chi connectivity index (χ1n) is 6.82. The first kappa shape index (κ1) is 16.6. The number of anilines is 1. The van der Waals surface area contributed by atoms with E-state index >= 15 is 0 Å². The van der Waals surface area contributed by atoms with Crippen LogP contribution in [-0.4, -0.2) is 33.5 Å². The number of amides is 2. The lowest BCUT2D eigenvalue weighted by molar-refractivity contribution is -0.143. The maximum Gasteiger partial charge on any atom is 0.314 e. The number of rotatable bonds is 3. The first-order chi connectivity index (χ1) is 10.8. The van der Waals surface area contributed by atoms with Crippen LogP contribution in [0, 0.1) is 11.6 Å². The van der Waals surface area contributed by atoms with Gasteiger partial charge in [-0.1, -0.05) is 6.07 Å². The van der Waals surface area contributed by atoms with Crippen molar-refractivity contribution in [2.24, 2.45) is 7.05 Å². The van der Waals surface area contributed by atoms with Gasteiger partial charge in [-0.05, 0) is 19.1 Å². The van der Waals surface area contributed by atoms with Gasteiger partial charge in [0.05, 0.1) is 12.2 Å². The number of nitrogens with zero attached hydrogens (tertiary/aromatic N) is 3. The van der Waals surface area contributed by atoms with Gasteiger partial charge in [0, 0.05) is 25.9 Å². The van der Waals surface area contributed by atoms with E-state index in [2.05, 4.69) is 5.10 Å². The molecule has 0 aliphatic rings. The van der Waals surface area contributed by atoms with Crippen molar-refractivity contribution >= 4 is 17.5 Å². The number of aryl methyl sites for hydroxylation is 1.